The molecule has 11 heteroatoms. The Hall–Kier alpha value is -18.9. The second kappa shape index (κ2) is 38.7. The number of hydrogen-bond acceptors (Lipinski definition) is 11. The van der Waals surface area contributed by atoms with Crippen molar-refractivity contribution in [3.05, 3.63) is 522 Å². The zero-order valence-electron chi connectivity index (χ0n) is 80.5. The van der Waals surface area contributed by atoms with E-state index in [0.717, 1.165) is 134 Å². The highest BCUT2D eigenvalue weighted by molar-refractivity contribution is 7.24. The molecule has 8 nitrogen and oxygen atoms in total. The van der Waals surface area contributed by atoms with Gasteiger partial charge >= 0.3 is 0 Å². The van der Waals surface area contributed by atoms with Crippen molar-refractivity contribution in [2.24, 2.45) is 0 Å². The number of thiophene rings is 3. The highest BCUT2D eigenvalue weighted by Crippen LogP contribution is 2.55. The fraction of sp³-hybridized carbons (Fsp3) is 0. The Kier molecular flexibility index (Phi) is 23.1. The Labute approximate surface area is 872 Å². The molecular weight excluding hydrogens is 1870 g/mol. The maximum atomic E-state index is 5.33. The van der Waals surface area contributed by atoms with E-state index >= 15 is 0 Å². The first kappa shape index (κ1) is 89.0. The fourth-order valence-corrected chi connectivity index (χ4v) is 25.3. The van der Waals surface area contributed by atoms with Crippen LogP contribution < -0.4 is 0 Å². The van der Waals surface area contributed by atoms with Gasteiger partial charge in [0.1, 0.15) is 0 Å². The average molecular weight is 1950 g/mol. The molecule has 11 aromatic heterocycles. The van der Waals surface area contributed by atoms with Crippen LogP contribution in [0.5, 0.6) is 0 Å². The smallest absolute Gasteiger partial charge is 0.0972 e. The van der Waals surface area contributed by atoms with E-state index in [2.05, 4.69) is 465 Å². The van der Waals surface area contributed by atoms with E-state index in [4.69, 9.17) is 29.9 Å². The molecule has 0 radical (unpaired) electrons. The number of benzene rings is 18. The molecule has 29 aromatic rings. The summed E-state index contributed by atoms with van der Waals surface area (Å²) >= 11 is 5.50. The van der Waals surface area contributed by atoms with E-state index in [0.29, 0.717) is 0 Å². The number of para-hydroxylation sites is 3. The molecule has 0 saturated carbocycles. The molecule has 0 spiro atoms. The van der Waals surface area contributed by atoms with Crippen LogP contribution >= 0.6 is 34.0 Å². The first-order valence-electron chi connectivity index (χ1n) is 50.0. The van der Waals surface area contributed by atoms with Crippen molar-refractivity contribution < 1.29 is 0 Å². The molecule has 0 bridgehead atoms. The number of rotatable bonds is 15. The molecule has 149 heavy (non-hydrogen) atoms. The van der Waals surface area contributed by atoms with Crippen LogP contribution in [0.1, 0.15) is 0 Å². The van der Waals surface area contributed by atoms with E-state index in [9.17, 15) is 0 Å². The minimum Gasteiger partial charge on any atom is -0.255 e. The minimum absolute atomic E-state index is 0.807. The summed E-state index contributed by atoms with van der Waals surface area (Å²) in [6.07, 6.45) is 3.60. The van der Waals surface area contributed by atoms with Crippen molar-refractivity contribution in [3.8, 4) is 166 Å². The standard InChI is InChI=1S/C47H29N3S.C47H29NS.C44H28N4S/c1-4-12-30(13-5-1)38-28-26-33-24-25-34-27-29-39(49-44(34)43(33)48-38)31-20-22-35(23-21-31)45-47-42(37-18-10-11-19-40(37)50-45)41(32-14-6-2-7-15-32)46(51-47)36-16-8-3-9-17-36;1-3-13-31(14-4-1)43-44-40-21-11-12-22-42(40)48-45(47(44)49-46(43)33-15-5-2-6-16-33)32-25-23-30(24-26-32)34-27-28-39-37-19-8-7-17-35(37)36-18-9-10-20-38(36)41(39)29-34;1-3-13-30(14-4-1)40-41-34-17-7-8-18-35(34)48-42(44(41)49-43(40)32-15-5-2-6-16-32)31-23-21-29(22-24-31)33-27-38(36-19-9-11-25-45-36)47-39(28-33)37-20-10-12-26-46-37/h1-29H;1-29H;1-28H. The van der Waals surface area contributed by atoms with Crippen molar-refractivity contribution in [1.29, 1.82) is 0 Å². The lowest BCUT2D eigenvalue weighted by Gasteiger charge is -2.12. The van der Waals surface area contributed by atoms with Gasteiger partial charge in [0.25, 0.3) is 0 Å². The largest absolute Gasteiger partial charge is 0.255 e. The van der Waals surface area contributed by atoms with Gasteiger partial charge in [0.05, 0.1) is 92.9 Å². The van der Waals surface area contributed by atoms with Crippen LogP contribution in [0.3, 0.4) is 0 Å². The molecule has 0 atom stereocenters. The molecular formula is C138H86N8S3. The molecule has 29 rings (SSSR count). The molecule has 0 unspecified atom stereocenters. The van der Waals surface area contributed by atoms with Crippen LogP contribution in [-0.2, 0) is 0 Å². The zero-order valence-corrected chi connectivity index (χ0v) is 82.9. The summed E-state index contributed by atoms with van der Waals surface area (Å²) in [6.45, 7) is 0. The lowest BCUT2D eigenvalue weighted by atomic mass is 9.92. The van der Waals surface area contributed by atoms with Gasteiger partial charge in [0.15, 0.2) is 0 Å². The van der Waals surface area contributed by atoms with Crippen molar-refractivity contribution in [2.75, 3.05) is 0 Å². The Balaban J connectivity index is 0.000000110. The van der Waals surface area contributed by atoms with Crippen molar-refractivity contribution in [2.45, 2.75) is 0 Å². The summed E-state index contributed by atoms with van der Waals surface area (Å²) in [4.78, 5) is 44.2. The van der Waals surface area contributed by atoms with Crippen LogP contribution in [-0.4, -0.2) is 39.9 Å². The number of aromatic nitrogens is 8. The molecule has 0 aliphatic heterocycles. The highest BCUT2D eigenvalue weighted by Gasteiger charge is 2.28. The Bertz CT molecular complexity index is 10100. The summed E-state index contributed by atoms with van der Waals surface area (Å²) < 4.78 is 3.59. The second-order valence-corrected chi connectivity index (χ2v) is 40.3. The maximum Gasteiger partial charge on any atom is 0.0972 e. The van der Waals surface area contributed by atoms with E-state index in [1.54, 1.807) is 12.4 Å². The Morgan fingerprint density at radius 1 is 0.148 bits per heavy atom. The van der Waals surface area contributed by atoms with Gasteiger partial charge in [0, 0.05) is 115 Å². The third-order valence-corrected chi connectivity index (χ3v) is 32.1. The predicted octanol–water partition coefficient (Wildman–Crippen LogP) is 38.1. The lowest BCUT2D eigenvalue weighted by Crippen LogP contribution is -1.94. The summed E-state index contributed by atoms with van der Waals surface area (Å²) in [5.41, 5.74) is 34.0. The van der Waals surface area contributed by atoms with Gasteiger partial charge < -0.3 is 0 Å². The third-order valence-electron chi connectivity index (χ3n) is 28.3. The maximum absolute atomic E-state index is 5.33. The van der Waals surface area contributed by atoms with Gasteiger partial charge in [-0.1, -0.05) is 437 Å². The van der Waals surface area contributed by atoms with Gasteiger partial charge in [-0.25, -0.2) is 29.9 Å². The summed E-state index contributed by atoms with van der Waals surface area (Å²) in [5, 5.41) is 17.2. The van der Waals surface area contributed by atoms with Crippen molar-refractivity contribution in [3.63, 3.8) is 0 Å². The van der Waals surface area contributed by atoms with Crippen LogP contribution in [0, 0.1) is 0 Å². The van der Waals surface area contributed by atoms with E-state index in [-0.39, 0.29) is 0 Å². The van der Waals surface area contributed by atoms with Gasteiger partial charge in [-0.15, -0.1) is 34.0 Å². The van der Waals surface area contributed by atoms with E-state index < -0.39 is 0 Å². The average Bonchev–Trinajstić information content (AvgIpc) is 1.61. The summed E-state index contributed by atoms with van der Waals surface area (Å²) in [7, 11) is 0. The van der Waals surface area contributed by atoms with Crippen LogP contribution in [0.25, 0.3) is 283 Å². The molecule has 0 N–H and O–H groups in total. The number of nitrogens with zero attached hydrogens (tertiary/aromatic N) is 8. The van der Waals surface area contributed by atoms with Crippen LogP contribution in [0.15, 0.2) is 522 Å². The monoisotopic (exact) mass is 1950 g/mol. The molecule has 696 valence electrons. The first-order chi connectivity index (χ1) is 73.9. The quantitative estimate of drug-likeness (QED) is 0.0935. The van der Waals surface area contributed by atoms with Gasteiger partial charge in [-0.05, 0) is 161 Å². The summed E-state index contributed by atoms with van der Waals surface area (Å²) in [6, 6.07) is 180. The third kappa shape index (κ3) is 16.6. The number of hydrogen-bond donors (Lipinski definition) is 0. The Morgan fingerprint density at radius 2 is 0.416 bits per heavy atom. The Morgan fingerprint density at radius 3 is 0.765 bits per heavy atom. The summed E-state index contributed by atoms with van der Waals surface area (Å²) in [5.74, 6) is 0. The van der Waals surface area contributed by atoms with E-state index in [1.165, 1.54) is 149 Å². The molecule has 0 saturated heterocycles. The van der Waals surface area contributed by atoms with E-state index in [1.807, 2.05) is 88.6 Å². The lowest BCUT2D eigenvalue weighted by molar-refractivity contribution is 1.22. The topological polar surface area (TPSA) is 103 Å². The molecule has 0 fully saturated rings. The second-order valence-electron chi connectivity index (χ2n) is 37.3. The highest BCUT2D eigenvalue weighted by atomic mass is 32.1. The van der Waals surface area contributed by atoms with Crippen LogP contribution in [0.2, 0.25) is 0 Å². The molecule has 18 aromatic carbocycles. The molecule has 11 heterocycles. The minimum atomic E-state index is 0.807. The molecule has 0 aliphatic carbocycles. The normalized spacial score (nSPS) is 11.5. The van der Waals surface area contributed by atoms with Gasteiger partial charge in [-0.3, -0.25) is 9.97 Å². The number of fused-ring (bicyclic) bond motifs is 18. The molecule has 0 aliphatic rings. The first-order valence-corrected chi connectivity index (χ1v) is 52.5. The zero-order chi connectivity index (χ0) is 98.6. The number of pyridine rings is 8. The van der Waals surface area contributed by atoms with Gasteiger partial charge in [0.2, 0.25) is 0 Å². The predicted molar refractivity (Wildman–Crippen MR) is 629 cm³/mol. The van der Waals surface area contributed by atoms with Gasteiger partial charge in [-0.2, -0.15) is 0 Å². The van der Waals surface area contributed by atoms with Crippen molar-refractivity contribution in [1.82, 2.24) is 39.9 Å². The fourth-order valence-electron chi connectivity index (χ4n) is 21.2. The molecule has 0 amide bonds. The SMILES string of the molecule is c1ccc(-c2ccc3ccc4ccc(-c5ccc(-c6nc7ccccc7c7c(-c8ccccc8)c(-c8ccccc8)sc67)cc5)nc4c3n2)cc1.c1ccc(-c2sc3c(-c4ccc(-c5cc(-c6ccccn6)nc(-c6ccccn6)c5)cc4)nc4ccccc4c3c2-c2ccccc2)cc1.c1ccc(-c2sc3c(-c4ccc(-c5ccc6c7ccccc7c7ccccc7c6c5)cc4)nc4ccccc4c3c2-c2ccccc2)cc1. The van der Waals surface area contributed by atoms with Crippen LogP contribution in [0.4, 0.5) is 0 Å². The van der Waals surface area contributed by atoms with Crippen molar-refractivity contribution >= 4 is 151 Å².